The molecule has 37 heavy (non-hydrogen) atoms. The number of nitrogens with zero attached hydrogens (tertiary/aromatic N) is 2. The average Bonchev–Trinajstić information content (AvgIpc) is 3.38. The lowest BCUT2D eigenvalue weighted by molar-refractivity contribution is -0.155. The standard InChI is InChI=1S/C28H37N3O5S/c1-28(2,3)36-25(32)11-9-23(26(29)33)31-17-21-22(27(31)34)18-37-24(21)10-8-19-4-6-20(7-5-19)16-30-12-14-35-15-13-30/h4-7,18,23H,8-17H2,1-3H3,(H2,29,33). The quantitative estimate of drug-likeness (QED) is 0.476. The fourth-order valence-electron chi connectivity index (χ4n) is 4.82. The first-order valence-corrected chi connectivity index (χ1v) is 13.8. The summed E-state index contributed by atoms with van der Waals surface area (Å²) in [4.78, 5) is 42.5. The number of carbonyl (C=O) groups excluding carboxylic acids is 3. The lowest BCUT2D eigenvalue weighted by Crippen LogP contribution is -2.45. The molecule has 8 nitrogen and oxygen atoms in total. The van der Waals surface area contributed by atoms with Crippen molar-refractivity contribution in [1.82, 2.24) is 9.80 Å². The van der Waals surface area contributed by atoms with Crippen LogP contribution in [-0.2, 0) is 45.0 Å². The second-order valence-corrected chi connectivity index (χ2v) is 11.7. The fraction of sp³-hybridized carbons (Fsp3) is 0.536. The van der Waals surface area contributed by atoms with E-state index in [4.69, 9.17) is 15.2 Å². The van der Waals surface area contributed by atoms with E-state index >= 15 is 0 Å². The number of morpholine rings is 1. The third-order valence-electron chi connectivity index (χ3n) is 6.72. The van der Waals surface area contributed by atoms with E-state index in [0.29, 0.717) is 12.1 Å². The van der Waals surface area contributed by atoms with Gasteiger partial charge in [0.2, 0.25) is 5.91 Å². The van der Waals surface area contributed by atoms with Gasteiger partial charge in [0.1, 0.15) is 11.6 Å². The number of nitrogens with two attached hydrogens (primary N) is 1. The van der Waals surface area contributed by atoms with Gasteiger partial charge in [0.25, 0.3) is 5.91 Å². The van der Waals surface area contributed by atoms with Crippen molar-refractivity contribution in [1.29, 1.82) is 0 Å². The van der Waals surface area contributed by atoms with Crippen LogP contribution in [0.2, 0.25) is 0 Å². The number of carbonyl (C=O) groups is 3. The van der Waals surface area contributed by atoms with Gasteiger partial charge in [0.15, 0.2) is 0 Å². The summed E-state index contributed by atoms with van der Waals surface area (Å²) in [6, 6.07) is 7.90. The largest absolute Gasteiger partial charge is 0.460 e. The summed E-state index contributed by atoms with van der Waals surface area (Å²) < 4.78 is 10.8. The molecule has 2 amide bonds. The maximum atomic E-state index is 13.1. The Kier molecular flexibility index (Phi) is 8.67. The molecule has 9 heteroatoms. The average molecular weight is 528 g/mol. The van der Waals surface area contributed by atoms with Gasteiger partial charge in [0, 0.05) is 42.9 Å². The molecular formula is C28H37N3O5S. The Morgan fingerprint density at radius 2 is 1.78 bits per heavy atom. The summed E-state index contributed by atoms with van der Waals surface area (Å²) in [5, 5.41) is 1.88. The van der Waals surface area contributed by atoms with E-state index in [9.17, 15) is 14.4 Å². The van der Waals surface area contributed by atoms with E-state index in [1.807, 2.05) is 5.38 Å². The molecule has 0 spiro atoms. The molecule has 2 aliphatic rings. The zero-order chi connectivity index (χ0) is 26.6. The highest BCUT2D eigenvalue weighted by Gasteiger charge is 2.37. The van der Waals surface area contributed by atoms with Crippen LogP contribution >= 0.6 is 11.3 Å². The Hall–Kier alpha value is -2.75. The number of primary amides is 1. The number of ether oxygens (including phenoxy) is 2. The van der Waals surface area contributed by atoms with Crippen molar-refractivity contribution in [2.75, 3.05) is 26.3 Å². The normalized spacial score (nSPS) is 17.1. The number of fused-ring (bicyclic) bond motifs is 1. The predicted octanol–water partition coefficient (Wildman–Crippen LogP) is 3.30. The van der Waals surface area contributed by atoms with Gasteiger partial charge in [-0.2, -0.15) is 0 Å². The first-order valence-electron chi connectivity index (χ1n) is 12.9. The van der Waals surface area contributed by atoms with Crippen LogP contribution < -0.4 is 5.73 Å². The Balaban J connectivity index is 1.34. The molecule has 2 aliphatic heterocycles. The van der Waals surface area contributed by atoms with Crippen LogP contribution in [-0.4, -0.2) is 65.5 Å². The smallest absolute Gasteiger partial charge is 0.306 e. The minimum atomic E-state index is -0.843. The molecule has 0 saturated carbocycles. The molecule has 2 N–H and O–H groups in total. The van der Waals surface area contributed by atoms with Gasteiger partial charge in [-0.05, 0) is 56.7 Å². The molecular weight excluding hydrogens is 490 g/mol. The van der Waals surface area contributed by atoms with Gasteiger partial charge in [-0.3, -0.25) is 19.3 Å². The molecule has 4 rings (SSSR count). The fourth-order valence-corrected chi connectivity index (χ4v) is 5.86. The van der Waals surface area contributed by atoms with Crippen molar-refractivity contribution >= 4 is 29.1 Å². The molecule has 200 valence electrons. The number of hydrogen-bond acceptors (Lipinski definition) is 7. The van der Waals surface area contributed by atoms with Crippen molar-refractivity contribution in [3.05, 3.63) is 56.8 Å². The van der Waals surface area contributed by atoms with Gasteiger partial charge < -0.3 is 20.1 Å². The van der Waals surface area contributed by atoms with Crippen LogP contribution in [0.4, 0.5) is 0 Å². The topological polar surface area (TPSA) is 102 Å². The van der Waals surface area contributed by atoms with Crippen LogP contribution in [0.15, 0.2) is 29.6 Å². The lowest BCUT2D eigenvalue weighted by atomic mass is 10.0. The molecule has 3 heterocycles. The van der Waals surface area contributed by atoms with Gasteiger partial charge >= 0.3 is 5.97 Å². The highest BCUT2D eigenvalue weighted by Crippen LogP contribution is 2.34. The highest BCUT2D eigenvalue weighted by molar-refractivity contribution is 7.10. The summed E-state index contributed by atoms with van der Waals surface area (Å²) in [5.41, 5.74) is 9.21. The van der Waals surface area contributed by atoms with Crippen molar-refractivity contribution in [2.45, 2.75) is 71.2 Å². The highest BCUT2D eigenvalue weighted by atomic mass is 32.1. The zero-order valence-corrected chi connectivity index (χ0v) is 22.8. The number of benzene rings is 1. The summed E-state index contributed by atoms with van der Waals surface area (Å²) in [6.07, 6.45) is 1.87. The molecule has 1 fully saturated rings. The number of hydrogen-bond donors (Lipinski definition) is 1. The SMILES string of the molecule is CC(C)(C)OC(=O)CCC(C(N)=O)N1Cc2c(csc2CCc2ccc(CN3CCOCC3)cc2)C1=O. The number of thiophene rings is 1. The number of rotatable bonds is 10. The predicted molar refractivity (Wildman–Crippen MR) is 142 cm³/mol. The molecule has 2 aromatic rings. The molecule has 0 bridgehead atoms. The van der Waals surface area contributed by atoms with E-state index in [2.05, 4.69) is 29.2 Å². The second kappa shape index (κ2) is 11.8. The molecule has 1 aromatic carbocycles. The van der Waals surface area contributed by atoms with Gasteiger partial charge in [-0.15, -0.1) is 11.3 Å². The minimum Gasteiger partial charge on any atom is -0.460 e. The number of amides is 2. The first-order chi connectivity index (χ1) is 17.6. The molecule has 0 aliphatic carbocycles. The molecule has 1 saturated heterocycles. The van der Waals surface area contributed by atoms with Crippen molar-refractivity contribution in [3.63, 3.8) is 0 Å². The van der Waals surface area contributed by atoms with Crippen LogP contribution in [0.1, 0.15) is 65.5 Å². The summed E-state index contributed by atoms with van der Waals surface area (Å²) >= 11 is 1.59. The van der Waals surface area contributed by atoms with E-state index in [1.165, 1.54) is 16.0 Å². The summed E-state index contributed by atoms with van der Waals surface area (Å²) in [7, 11) is 0. The van der Waals surface area contributed by atoms with E-state index in [-0.39, 0.29) is 18.7 Å². The van der Waals surface area contributed by atoms with Gasteiger partial charge in [-0.1, -0.05) is 24.3 Å². The molecule has 0 radical (unpaired) electrons. The monoisotopic (exact) mass is 527 g/mol. The van der Waals surface area contributed by atoms with Crippen LogP contribution in [0, 0.1) is 0 Å². The van der Waals surface area contributed by atoms with E-state index in [0.717, 1.165) is 56.1 Å². The van der Waals surface area contributed by atoms with Crippen molar-refractivity contribution < 1.29 is 23.9 Å². The molecule has 1 aromatic heterocycles. The van der Waals surface area contributed by atoms with Gasteiger partial charge in [0.05, 0.1) is 18.8 Å². The Morgan fingerprint density at radius 3 is 2.43 bits per heavy atom. The van der Waals surface area contributed by atoms with Crippen LogP contribution in [0.25, 0.3) is 0 Å². The second-order valence-electron chi connectivity index (χ2n) is 10.7. The molecule has 1 atom stereocenters. The third-order valence-corrected chi connectivity index (χ3v) is 7.81. The number of aryl methyl sites for hydroxylation is 2. The van der Waals surface area contributed by atoms with E-state index < -0.39 is 23.5 Å². The Morgan fingerprint density at radius 1 is 1.11 bits per heavy atom. The Labute approximate surface area is 222 Å². The zero-order valence-electron chi connectivity index (χ0n) is 22.0. The first kappa shape index (κ1) is 27.3. The summed E-state index contributed by atoms with van der Waals surface area (Å²) in [6.45, 7) is 10.2. The maximum Gasteiger partial charge on any atom is 0.306 e. The maximum absolute atomic E-state index is 13.1. The number of esters is 1. The lowest BCUT2D eigenvalue weighted by Gasteiger charge is -2.26. The van der Waals surface area contributed by atoms with E-state index in [1.54, 1.807) is 32.1 Å². The Bertz CT molecular complexity index is 1120. The minimum absolute atomic E-state index is 0.0237. The molecule has 1 unspecified atom stereocenters. The van der Waals surface area contributed by atoms with Gasteiger partial charge in [-0.25, -0.2) is 0 Å². The van der Waals surface area contributed by atoms with Crippen LogP contribution in [0.5, 0.6) is 0 Å². The summed E-state index contributed by atoms with van der Waals surface area (Å²) in [5.74, 6) is -1.21. The van der Waals surface area contributed by atoms with Crippen molar-refractivity contribution in [2.24, 2.45) is 5.73 Å². The van der Waals surface area contributed by atoms with Crippen LogP contribution in [0.3, 0.4) is 0 Å². The third kappa shape index (κ3) is 7.18. The van der Waals surface area contributed by atoms with Crippen molar-refractivity contribution in [3.8, 4) is 0 Å².